The van der Waals surface area contributed by atoms with Crippen molar-refractivity contribution in [2.75, 3.05) is 11.1 Å². The Bertz CT molecular complexity index is 2840. The van der Waals surface area contributed by atoms with Gasteiger partial charge in [0.25, 0.3) is 30.4 Å². The highest BCUT2D eigenvalue weighted by atomic mass is 35.5. The van der Waals surface area contributed by atoms with Crippen molar-refractivity contribution in [1.29, 1.82) is 0 Å². The Morgan fingerprint density at radius 1 is 0.698 bits per heavy atom. The van der Waals surface area contributed by atoms with Gasteiger partial charge in [0.15, 0.2) is 11.6 Å². The molecule has 0 atom stereocenters. The van der Waals surface area contributed by atoms with E-state index < -0.39 is 84.5 Å². The van der Waals surface area contributed by atoms with Crippen LogP contribution in [0.25, 0.3) is 0 Å². The number of anilines is 3. The lowest BCUT2D eigenvalue weighted by molar-refractivity contribution is 0.0977. The molecule has 1 aromatic heterocycles. The van der Waals surface area contributed by atoms with E-state index in [4.69, 9.17) is 28.9 Å². The molecule has 0 saturated carbocycles. The Morgan fingerprint density at radius 2 is 1.34 bits per heavy atom. The number of halogens is 2. The molecule has 0 radical (unpaired) electrons. The molecule has 4 aromatic carbocycles. The summed E-state index contributed by atoms with van der Waals surface area (Å²) < 4.78 is 102. The number of nitrogen functional groups attached to an aromatic ring is 1. The summed E-state index contributed by atoms with van der Waals surface area (Å²) in [5.74, 6) is -2.17. The largest absolute Gasteiger partial charge is 0.397 e. The molecular formula is C29H18Cl2N8O11S3. The normalized spacial score (nSPS) is 13.6. The van der Waals surface area contributed by atoms with Crippen LogP contribution in [0.5, 0.6) is 0 Å². The molecule has 0 unspecified atom stereocenters. The van der Waals surface area contributed by atoms with Crippen molar-refractivity contribution < 1.29 is 48.5 Å². The maximum Gasteiger partial charge on any atom is 0.296 e. The zero-order chi connectivity index (χ0) is 38.6. The third-order valence-electron chi connectivity index (χ3n) is 7.32. The number of hydrogen-bond acceptors (Lipinski definition) is 15. The van der Waals surface area contributed by atoms with E-state index in [1.807, 2.05) is 0 Å². The number of benzene rings is 4. The first-order valence-corrected chi connectivity index (χ1v) is 19.2. The monoisotopic (exact) mass is 820 g/mol. The second kappa shape index (κ2) is 13.5. The van der Waals surface area contributed by atoms with Crippen LogP contribution in [-0.2, 0) is 30.4 Å². The van der Waals surface area contributed by atoms with Gasteiger partial charge in [-0.05, 0) is 77.8 Å². The minimum atomic E-state index is -5.12. The number of nitrogens with zero attached hydrogens (tertiary/aromatic N) is 5. The smallest absolute Gasteiger partial charge is 0.296 e. The van der Waals surface area contributed by atoms with E-state index in [2.05, 4.69) is 35.5 Å². The molecule has 5 aromatic rings. The van der Waals surface area contributed by atoms with E-state index in [1.165, 1.54) is 36.4 Å². The number of carbonyl (C=O) groups is 2. The topological polar surface area (TPSA) is 314 Å². The number of fused-ring (bicyclic) bond motifs is 2. The minimum Gasteiger partial charge on any atom is -0.397 e. The minimum absolute atomic E-state index is 0.00126. The second-order valence-electron chi connectivity index (χ2n) is 10.7. The molecule has 24 heteroatoms. The maximum absolute atomic E-state index is 13.7. The van der Waals surface area contributed by atoms with Crippen molar-refractivity contribution in [1.82, 2.24) is 15.0 Å². The number of nitrogens with one attached hydrogen (secondary N) is 2. The summed E-state index contributed by atoms with van der Waals surface area (Å²) in [5.41, 5.74) is 2.29. The number of carbonyl (C=O) groups excluding carboxylic acids is 2. The van der Waals surface area contributed by atoms with Gasteiger partial charge in [0.05, 0.1) is 39.4 Å². The number of aromatic nitrogens is 3. The van der Waals surface area contributed by atoms with Crippen molar-refractivity contribution in [2.24, 2.45) is 15.2 Å². The predicted octanol–water partition coefficient (Wildman–Crippen LogP) is 4.60. The van der Waals surface area contributed by atoms with Gasteiger partial charge in [0, 0.05) is 11.3 Å². The molecule has 0 amide bonds. The molecule has 19 nitrogen and oxygen atoms in total. The van der Waals surface area contributed by atoms with Gasteiger partial charge in [0.2, 0.25) is 16.2 Å². The van der Waals surface area contributed by atoms with Crippen LogP contribution in [0.3, 0.4) is 0 Å². The zero-order valence-electron chi connectivity index (χ0n) is 25.8. The first-order valence-electron chi connectivity index (χ1n) is 14.1. The fraction of sp³-hybridized carbons (Fsp3) is 0. The van der Waals surface area contributed by atoms with Gasteiger partial charge in [-0.15, -0.1) is 5.11 Å². The van der Waals surface area contributed by atoms with Gasteiger partial charge in [-0.3, -0.25) is 28.2 Å². The first kappa shape index (κ1) is 37.3. The number of H-pyrrole nitrogens is 1. The Kier molecular flexibility index (Phi) is 9.50. The highest BCUT2D eigenvalue weighted by Gasteiger charge is 2.39. The average Bonchev–Trinajstić information content (AvgIpc) is 3.05. The molecule has 7 N–H and O–H groups in total. The number of azo groups is 1. The third-order valence-corrected chi connectivity index (χ3v) is 10.3. The SMILES string of the molecule is Nc1c(S(=O)(=O)O)cc(Nc2ccc(N=Nc3ccc(N=c4nc(Cl)nc(Cl)[nH]4)cc3S(=O)(=O)O)cc2)c2c1C(=O)c1c(cccc1S(=O)(=O)O)C2=O. The summed E-state index contributed by atoms with van der Waals surface area (Å²) in [6.45, 7) is 0. The lowest BCUT2D eigenvalue weighted by Gasteiger charge is -2.24. The van der Waals surface area contributed by atoms with Crippen LogP contribution in [0.4, 0.5) is 34.1 Å². The fourth-order valence-electron chi connectivity index (χ4n) is 5.14. The molecule has 272 valence electrons. The van der Waals surface area contributed by atoms with Crippen LogP contribution in [0, 0.1) is 0 Å². The molecule has 0 fully saturated rings. The zero-order valence-corrected chi connectivity index (χ0v) is 29.7. The van der Waals surface area contributed by atoms with E-state index >= 15 is 0 Å². The van der Waals surface area contributed by atoms with E-state index in [0.29, 0.717) is 0 Å². The van der Waals surface area contributed by atoms with Crippen LogP contribution < -0.4 is 16.7 Å². The van der Waals surface area contributed by atoms with E-state index in [0.717, 1.165) is 30.3 Å². The van der Waals surface area contributed by atoms with Gasteiger partial charge < -0.3 is 11.1 Å². The van der Waals surface area contributed by atoms with Crippen molar-refractivity contribution in [3.63, 3.8) is 0 Å². The number of rotatable bonds is 8. The van der Waals surface area contributed by atoms with Gasteiger partial charge >= 0.3 is 0 Å². The summed E-state index contributed by atoms with van der Waals surface area (Å²) in [7, 11) is -15.0. The molecule has 53 heavy (non-hydrogen) atoms. The Balaban J connectivity index is 1.35. The molecule has 0 spiro atoms. The Morgan fingerprint density at radius 3 is 1.96 bits per heavy atom. The molecular weight excluding hydrogens is 803 g/mol. The number of hydrogen-bond donors (Lipinski definition) is 6. The van der Waals surface area contributed by atoms with Crippen molar-refractivity contribution in [3.05, 3.63) is 105 Å². The van der Waals surface area contributed by atoms with E-state index in [1.54, 1.807) is 0 Å². The standard InChI is InChI=1S/C29H18Cl2N8O11S3/c30-27-35-28(31)37-29(36-27)34-14-8-9-16(19(10-14)52(45,46)47)39-38-13-6-4-12(5-7-13)33-17-11-20(53(48,49)50)24(32)23-22(17)25(40)15-2-1-3-18(51(42,43)44)21(15)26(23)41/h1-11,33H,32H2,(H,42,43,44)(H,45,46,47)(H,48,49,50)(H,34,35,36,37). The highest BCUT2D eigenvalue weighted by molar-refractivity contribution is 7.86. The lowest BCUT2D eigenvalue weighted by Crippen LogP contribution is -2.27. The van der Waals surface area contributed by atoms with Crippen molar-refractivity contribution in [3.8, 4) is 0 Å². The quantitative estimate of drug-likeness (QED) is 0.0694. The van der Waals surface area contributed by atoms with Gasteiger partial charge in [0.1, 0.15) is 20.4 Å². The summed E-state index contributed by atoms with van der Waals surface area (Å²) in [6, 6.07) is 12.9. The van der Waals surface area contributed by atoms with E-state index in [9.17, 15) is 48.5 Å². The Labute approximate surface area is 307 Å². The second-order valence-corrected chi connectivity index (χ2v) is 15.6. The van der Waals surface area contributed by atoms with Gasteiger partial charge in [-0.1, -0.05) is 12.1 Å². The van der Waals surface area contributed by atoms with Gasteiger partial charge in [-0.2, -0.15) is 40.3 Å². The lowest BCUT2D eigenvalue weighted by atomic mass is 9.82. The number of nitrogens with two attached hydrogens (primary N) is 1. The maximum atomic E-state index is 13.7. The molecule has 1 heterocycles. The summed E-state index contributed by atoms with van der Waals surface area (Å²) in [4.78, 5) is 38.8. The molecule has 0 bridgehead atoms. The highest BCUT2D eigenvalue weighted by Crippen LogP contribution is 2.42. The molecule has 1 aliphatic carbocycles. The van der Waals surface area contributed by atoms with E-state index in [-0.39, 0.29) is 44.6 Å². The summed E-state index contributed by atoms with van der Waals surface area (Å²) in [6.07, 6.45) is 0. The van der Waals surface area contributed by atoms with Crippen LogP contribution in [0.1, 0.15) is 31.8 Å². The number of aromatic amines is 1. The first-order chi connectivity index (χ1) is 24.7. The number of ketones is 2. The molecule has 1 aliphatic rings. The van der Waals surface area contributed by atoms with Crippen LogP contribution in [-0.4, -0.2) is 65.4 Å². The van der Waals surface area contributed by atoms with Crippen LogP contribution in [0.15, 0.2) is 96.6 Å². The van der Waals surface area contributed by atoms with Crippen LogP contribution >= 0.6 is 23.2 Å². The van der Waals surface area contributed by atoms with Gasteiger partial charge in [-0.25, -0.2) is 4.99 Å². The molecule has 6 rings (SSSR count). The van der Waals surface area contributed by atoms with Crippen molar-refractivity contribution in [2.45, 2.75) is 14.7 Å². The molecule has 0 aliphatic heterocycles. The fourth-order valence-corrected chi connectivity index (χ4v) is 7.52. The van der Waals surface area contributed by atoms with Crippen LogP contribution in [0.2, 0.25) is 10.6 Å². The third kappa shape index (κ3) is 7.56. The van der Waals surface area contributed by atoms with Crippen molar-refractivity contribution >= 4 is 99.2 Å². The summed E-state index contributed by atoms with van der Waals surface area (Å²) in [5, 5.41) is 10.3. The average molecular weight is 822 g/mol. The molecule has 0 saturated heterocycles. The summed E-state index contributed by atoms with van der Waals surface area (Å²) >= 11 is 11.6. The predicted molar refractivity (Wildman–Crippen MR) is 186 cm³/mol. The Hall–Kier alpha value is -5.46.